The van der Waals surface area contributed by atoms with Crippen molar-refractivity contribution in [1.82, 2.24) is 4.90 Å². The van der Waals surface area contributed by atoms with Crippen molar-refractivity contribution in [3.8, 4) is 0 Å². The number of halogens is 1. The minimum atomic E-state index is -0.928. The molecule has 1 atom stereocenters. The van der Waals surface area contributed by atoms with Crippen molar-refractivity contribution in [1.29, 1.82) is 0 Å². The fourth-order valence-electron chi connectivity index (χ4n) is 3.59. The summed E-state index contributed by atoms with van der Waals surface area (Å²) in [4.78, 5) is 26.9. The third-order valence-electron chi connectivity index (χ3n) is 5.04. The van der Waals surface area contributed by atoms with Gasteiger partial charge in [0.2, 0.25) is 0 Å². The standard InChI is InChI=1S/C23H24FNO3/c1-2-3-4-10-15-25-20(17-13-8-9-14-18(17)24)19(22(27)23(25)28)21(26)16-11-6-5-7-12-16/h5-9,11-14,20,26H,2-4,10,15H2,1H3. The average Bonchev–Trinajstić information content (AvgIpc) is 2.96. The predicted octanol–water partition coefficient (Wildman–Crippen LogP) is 4.83. The molecule has 0 aromatic heterocycles. The van der Waals surface area contributed by atoms with Crippen LogP contribution in [0.2, 0.25) is 0 Å². The molecule has 1 unspecified atom stereocenters. The molecule has 0 bridgehead atoms. The summed E-state index contributed by atoms with van der Waals surface area (Å²) < 4.78 is 14.6. The van der Waals surface area contributed by atoms with Crippen molar-refractivity contribution in [2.45, 2.75) is 38.6 Å². The van der Waals surface area contributed by atoms with E-state index in [9.17, 15) is 19.1 Å². The number of hydrogen-bond donors (Lipinski definition) is 1. The Morgan fingerprint density at radius 3 is 2.36 bits per heavy atom. The summed E-state index contributed by atoms with van der Waals surface area (Å²) in [6.45, 7) is 2.43. The van der Waals surface area contributed by atoms with Gasteiger partial charge in [0.05, 0.1) is 11.6 Å². The third-order valence-corrected chi connectivity index (χ3v) is 5.04. The maximum atomic E-state index is 14.6. The van der Waals surface area contributed by atoms with Crippen LogP contribution in [0.15, 0.2) is 60.2 Å². The number of rotatable bonds is 7. The Kier molecular flexibility index (Phi) is 6.24. The van der Waals surface area contributed by atoms with Gasteiger partial charge in [-0.1, -0.05) is 74.7 Å². The number of amides is 1. The molecule has 2 aromatic carbocycles. The number of aliphatic hydroxyl groups excluding tert-OH is 1. The highest BCUT2D eigenvalue weighted by Crippen LogP contribution is 2.40. The molecule has 3 rings (SSSR count). The Morgan fingerprint density at radius 2 is 1.68 bits per heavy atom. The second-order valence-corrected chi connectivity index (χ2v) is 6.94. The van der Waals surface area contributed by atoms with Crippen LogP contribution in [0.25, 0.3) is 5.76 Å². The van der Waals surface area contributed by atoms with Crippen LogP contribution in [0.3, 0.4) is 0 Å². The first-order valence-corrected chi connectivity index (χ1v) is 9.64. The molecule has 1 aliphatic heterocycles. The first kappa shape index (κ1) is 19.8. The van der Waals surface area contributed by atoms with Crippen molar-refractivity contribution in [2.75, 3.05) is 6.54 Å². The molecule has 1 heterocycles. The highest BCUT2D eigenvalue weighted by atomic mass is 19.1. The Hall–Kier alpha value is -2.95. The Morgan fingerprint density at radius 1 is 1.00 bits per heavy atom. The zero-order chi connectivity index (χ0) is 20.1. The molecular weight excluding hydrogens is 357 g/mol. The number of ketones is 1. The van der Waals surface area contributed by atoms with E-state index in [4.69, 9.17) is 0 Å². The van der Waals surface area contributed by atoms with Gasteiger partial charge >= 0.3 is 0 Å². The van der Waals surface area contributed by atoms with Gasteiger partial charge in [-0.05, 0) is 12.5 Å². The number of carbonyl (C=O) groups excluding carboxylic acids is 2. The predicted molar refractivity (Wildman–Crippen MR) is 106 cm³/mol. The van der Waals surface area contributed by atoms with E-state index in [0.717, 1.165) is 25.7 Å². The van der Waals surface area contributed by atoms with Crippen molar-refractivity contribution >= 4 is 17.4 Å². The lowest BCUT2D eigenvalue weighted by Gasteiger charge is -2.25. The van der Waals surface area contributed by atoms with Crippen LogP contribution in [0.5, 0.6) is 0 Å². The summed E-state index contributed by atoms with van der Waals surface area (Å²) in [6.07, 6.45) is 3.71. The van der Waals surface area contributed by atoms with Crippen LogP contribution < -0.4 is 0 Å². The molecule has 0 saturated carbocycles. The Bertz CT molecular complexity index is 892. The quantitative estimate of drug-likeness (QED) is 0.323. The van der Waals surface area contributed by atoms with E-state index in [1.807, 2.05) is 0 Å². The van der Waals surface area contributed by atoms with Gasteiger partial charge in [-0.3, -0.25) is 9.59 Å². The summed E-state index contributed by atoms with van der Waals surface area (Å²) in [5.74, 6) is -2.25. The minimum absolute atomic E-state index is 0.0585. The fourth-order valence-corrected chi connectivity index (χ4v) is 3.59. The van der Waals surface area contributed by atoms with Gasteiger partial charge in [0.1, 0.15) is 11.6 Å². The smallest absolute Gasteiger partial charge is 0.295 e. The van der Waals surface area contributed by atoms with E-state index in [-0.39, 0.29) is 16.9 Å². The largest absolute Gasteiger partial charge is 0.507 e. The highest BCUT2D eigenvalue weighted by molar-refractivity contribution is 6.46. The van der Waals surface area contributed by atoms with Crippen LogP contribution in [0, 0.1) is 5.82 Å². The van der Waals surface area contributed by atoms with Crippen molar-refractivity contribution in [2.24, 2.45) is 0 Å². The van der Waals surface area contributed by atoms with Crippen LogP contribution in [0.1, 0.15) is 49.8 Å². The van der Waals surface area contributed by atoms with Gasteiger partial charge < -0.3 is 10.0 Å². The summed E-state index contributed by atoms with van der Waals surface area (Å²) >= 11 is 0. The summed E-state index contributed by atoms with van der Waals surface area (Å²) in [6, 6.07) is 13.7. The van der Waals surface area contributed by atoms with Crippen LogP contribution in [0.4, 0.5) is 4.39 Å². The number of aliphatic hydroxyl groups is 1. The summed E-state index contributed by atoms with van der Waals surface area (Å²) in [7, 11) is 0. The molecule has 28 heavy (non-hydrogen) atoms. The lowest BCUT2D eigenvalue weighted by atomic mass is 9.95. The number of nitrogens with zero attached hydrogens (tertiary/aromatic N) is 1. The van der Waals surface area contributed by atoms with Gasteiger partial charge in [0.15, 0.2) is 0 Å². The molecule has 1 fully saturated rings. The van der Waals surface area contributed by atoms with E-state index in [0.29, 0.717) is 12.1 Å². The lowest BCUT2D eigenvalue weighted by Crippen LogP contribution is -2.31. The number of unbranched alkanes of at least 4 members (excludes halogenated alkanes) is 3. The van der Waals surface area contributed by atoms with E-state index in [2.05, 4.69) is 6.92 Å². The fraction of sp³-hybridized carbons (Fsp3) is 0.304. The molecule has 1 saturated heterocycles. The average molecular weight is 381 g/mol. The van der Waals surface area contributed by atoms with Crippen LogP contribution in [-0.4, -0.2) is 28.2 Å². The maximum Gasteiger partial charge on any atom is 0.295 e. The minimum Gasteiger partial charge on any atom is -0.507 e. The van der Waals surface area contributed by atoms with Gasteiger partial charge in [-0.2, -0.15) is 0 Å². The topological polar surface area (TPSA) is 57.6 Å². The molecule has 2 aromatic rings. The number of carbonyl (C=O) groups is 2. The van der Waals surface area contributed by atoms with Gasteiger partial charge in [-0.15, -0.1) is 0 Å². The highest BCUT2D eigenvalue weighted by Gasteiger charge is 2.46. The monoisotopic (exact) mass is 381 g/mol. The SMILES string of the molecule is CCCCCCN1C(=O)C(=O)C(=C(O)c2ccccc2)C1c1ccccc1F. The van der Waals surface area contributed by atoms with E-state index in [1.165, 1.54) is 11.0 Å². The molecule has 0 radical (unpaired) electrons. The zero-order valence-corrected chi connectivity index (χ0v) is 15.9. The molecule has 0 aliphatic carbocycles. The van der Waals surface area contributed by atoms with Gasteiger partial charge in [0, 0.05) is 17.7 Å². The summed E-state index contributed by atoms with van der Waals surface area (Å²) in [5.41, 5.74) is 0.583. The second-order valence-electron chi connectivity index (χ2n) is 6.94. The number of hydrogen-bond acceptors (Lipinski definition) is 3. The molecule has 146 valence electrons. The normalized spacial score (nSPS) is 18.6. The molecule has 1 N–H and O–H groups in total. The Balaban J connectivity index is 2.08. The van der Waals surface area contributed by atoms with Crippen molar-refractivity contribution < 1.29 is 19.1 Å². The molecule has 1 amide bonds. The summed E-state index contributed by atoms with van der Waals surface area (Å²) in [5, 5.41) is 10.8. The first-order valence-electron chi connectivity index (χ1n) is 9.64. The lowest BCUT2D eigenvalue weighted by molar-refractivity contribution is -0.140. The van der Waals surface area contributed by atoms with Gasteiger partial charge in [-0.25, -0.2) is 4.39 Å². The molecule has 1 aliphatic rings. The number of benzene rings is 2. The maximum absolute atomic E-state index is 14.6. The van der Waals surface area contributed by atoms with Crippen LogP contribution in [-0.2, 0) is 9.59 Å². The number of likely N-dealkylation sites (tertiary alicyclic amines) is 1. The van der Waals surface area contributed by atoms with Crippen LogP contribution >= 0.6 is 0 Å². The van der Waals surface area contributed by atoms with E-state index in [1.54, 1.807) is 48.5 Å². The zero-order valence-electron chi connectivity index (χ0n) is 15.9. The molecule has 5 heteroatoms. The van der Waals surface area contributed by atoms with E-state index < -0.39 is 23.5 Å². The second kappa shape index (κ2) is 8.83. The van der Waals surface area contributed by atoms with Crippen molar-refractivity contribution in [3.63, 3.8) is 0 Å². The van der Waals surface area contributed by atoms with Gasteiger partial charge in [0.25, 0.3) is 11.7 Å². The van der Waals surface area contributed by atoms with Crippen molar-refractivity contribution in [3.05, 3.63) is 77.1 Å². The Labute approximate surface area is 164 Å². The molecule has 4 nitrogen and oxygen atoms in total. The molecule has 0 spiro atoms. The first-order chi connectivity index (χ1) is 13.6. The molecular formula is C23H24FNO3. The third kappa shape index (κ3) is 3.84. The van der Waals surface area contributed by atoms with E-state index >= 15 is 0 Å². The number of Topliss-reactive ketones (excluding diaryl/α,β-unsaturated/α-hetero) is 1.